The summed E-state index contributed by atoms with van der Waals surface area (Å²) in [4.78, 5) is 12.7. The van der Waals surface area contributed by atoms with E-state index in [4.69, 9.17) is 25.5 Å². The number of carbonyl (C=O) groups is 1. The zero-order valence-corrected chi connectivity index (χ0v) is 14.3. The molecule has 3 aromatic rings. The summed E-state index contributed by atoms with van der Waals surface area (Å²) in [6.45, 7) is 0. The Bertz CT molecular complexity index is 971. The van der Waals surface area contributed by atoms with Crippen LogP contribution in [-0.2, 0) is 0 Å². The summed E-state index contributed by atoms with van der Waals surface area (Å²) < 4.78 is 15.9. The Morgan fingerprint density at radius 3 is 2.64 bits per heavy atom. The third kappa shape index (κ3) is 3.06. The maximum atomic E-state index is 12.7. The van der Waals surface area contributed by atoms with E-state index in [1.165, 1.54) is 26.6 Å². The highest BCUT2D eigenvalue weighted by Crippen LogP contribution is 2.45. The molecule has 1 aromatic heterocycles. The fraction of sp³-hybridized carbons (Fsp3) is 0.105. The Hall–Kier alpha value is -2.92. The van der Waals surface area contributed by atoms with Gasteiger partial charge in [-0.3, -0.25) is 4.79 Å². The summed E-state index contributed by atoms with van der Waals surface area (Å²) in [5.74, 6) is -0.457. The molecule has 128 valence electrons. The molecule has 25 heavy (non-hydrogen) atoms. The molecule has 0 radical (unpaired) electrons. The van der Waals surface area contributed by atoms with Gasteiger partial charge in [-0.15, -0.1) is 0 Å². The van der Waals surface area contributed by atoms with Gasteiger partial charge in [-0.25, -0.2) is 0 Å². The van der Waals surface area contributed by atoms with E-state index in [1.54, 1.807) is 30.3 Å². The molecule has 0 aliphatic carbocycles. The largest absolute Gasteiger partial charge is 0.504 e. The lowest BCUT2D eigenvalue weighted by atomic mass is 10.0. The first kappa shape index (κ1) is 16.9. The van der Waals surface area contributed by atoms with E-state index < -0.39 is 5.78 Å². The topological polar surface area (TPSA) is 68.9 Å². The minimum absolute atomic E-state index is 0.00604. The fourth-order valence-corrected chi connectivity index (χ4v) is 2.82. The predicted octanol–water partition coefficient (Wildman–Crippen LogP) is 4.71. The first-order valence-corrected chi connectivity index (χ1v) is 7.76. The number of hydrogen-bond acceptors (Lipinski definition) is 5. The van der Waals surface area contributed by atoms with Crippen LogP contribution < -0.4 is 9.47 Å². The fourth-order valence-electron chi connectivity index (χ4n) is 2.62. The van der Waals surface area contributed by atoms with Gasteiger partial charge in [0.15, 0.2) is 17.1 Å². The summed E-state index contributed by atoms with van der Waals surface area (Å²) in [6, 6.07) is 8.71. The van der Waals surface area contributed by atoms with E-state index in [2.05, 4.69) is 0 Å². The van der Waals surface area contributed by atoms with Crippen molar-refractivity contribution in [2.45, 2.75) is 0 Å². The number of phenols is 1. The van der Waals surface area contributed by atoms with Crippen LogP contribution in [0.4, 0.5) is 0 Å². The van der Waals surface area contributed by atoms with Gasteiger partial charge in [0.25, 0.3) is 0 Å². The molecule has 0 saturated carbocycles. The second-order valence-electron chi connectivity index (χ2n) is 5.21. The van der Waals surface area contributed by atoms with Crippen LogP contribution in [0.5, 0.6) is 17.2 Å². The third-order valence-corrected chi connectivity index (χ3v) is 3.96. The van der Waals surface area contributed by atoms with Crippen molar-refractivity contribution in [2.24, 2.45) is 0 Å². The predicted molar refractivity (Wildman–Crippen MR) is 95.8 cm³/mol. The van der Waals surface area contributed by atoms with Crippen LogP contribution in [0.15, 0.2) is 47.1 Å². The van der Waals surface area contributed by atoms with Gasteiger partial charge in [0.05, 0.1) is 25.9 Å². The average molecular weight is 359 g/mol. The van der Waals surface area contributed by atoms with Gasteiger partial charge in [0, 0.05) is 5.02 Å². The Morgan fingerprint density at radius 1 is 1.20 bits per heavy atom. The number of benzene rings is 2. The molecule has 0 atom stereocenters. The Balaban J connectivity index is 2.10. The highest BCUT2D eigenvalue weighted by molar-refractivity contribution is 6.30. The third-order valence-electron chi connectivity index (χ3n) is 3.73. The molecule has 5 nitrogen and oxygen atoms in total. The number of ether oxygens (including phenoxy) is 2. The van der Waals surface area contributed by atoms with Crippen LogP contribution in [0.1, 0.15) is 15.9 Å². The number of fused-ring (bicyclic) bond motifs is 1. The zero-order valence-electron chi connectivity index (χ0n) is 13.6. The van der Waals surface area contributed by atoms with E-state index in [1.807, 2.05) is 6.07 Å². The highest BCUT2D eigenvalue weighted by Gasteiger charge is 2.26. The molecular formula is C19H15ClO5. The Kier molecular flexibility index (Phi) is 4.67. The minimum Gasteiger partial charge on any atom is -0.504 e. The lowest BCUT2D eigenvalue weighted by Gasteiger charge is -2.13. The van der Waals surface area contributed by atoms with E-state index in [9.17, 15) is 9.90 Å². The second-order valence-corrected chi connectivity index (χ2v) is 5.64. The number of phenolic OH excluding ortho intramolecular Hbond substituents is 1. The van der Waals surface area contributed by atoms with Crippen molar-refractivity contribution in [1.82, 2.24) is 0 Å². The molecule has 2 aromatic carbocycles. The van der Waals surface area contributed by atoms with Crippen LogP contribution in [0.3, 0.4) is 0 Å². The van der Waals surface area contributed by atoms with Crippen LogP contribution in [0.25, 0.3) is 17.0 Å². The smallest absolute Gasteiger partial charge is 0.205 e. The lowest BCUT2D eigenvalue weighted by molar-refractivity contribution is 0.104. The molecule has 0 spiro atoms. The SMILES string of the molecule is COc1c(C(=O)/C=C/c2cccc(Cl)c2)c(O)c(OC)c2occc12. The number of furan rings is 1. The van der Waals surface area contributed by atoms with Gasteiger partial charge >= 0.3 is 0 Å². The Morgan fingerprint density at radius 2 is 1.96 bits per heavy atom. The van der Waals surface area contributed by atoms with E-state index in [0.717, 1.165) is 5.56 Å². The van der Waals surface area contributed by atoms with Crippen molar-refractivity contribution in [2.75, 3.05) is 14.2 Å². The van der Waals surface area contributed by atoms with Crippen LogP contribution in [0, 0.1) is 0 Å². The molecule has 0 aliphatic heterocycles. The van der Waals surface area contributed by atoms with Crippen molar-refractivity contribution in [3.63, 3.8) is 0 Å². The van der Waals surface area contributed by atoms with Gasteiger partial charge < -0.3 is 19.0 Å². The average Bonchev–Trinajstić information content (AvgIpc) is 3.08. The molecular weight excluding hydrogens is 344 g/mol. The molecule has 0 bridgehead atoms. The number of halogens is 1. The maximum absolute atomic E-state index is 12.7. The number of methoxy groups -OCH3 is 2. The van der Waals surface area contributed by atoms with Gasteiger partial charge in [-0.2, -0.15) is 0 Å². The van der Waals surface area contributed by atoms with Crippen molar-refractivity contribution in [3.05, 3.63) is 58.8 Å². The van der Waals surface area contributed by atoms with E-state index in [0.29, 0.717) is 16.0 Å². The number of aromatic hydroxyl groups is 1. The number of carbonyl (C=O) groups excluding carboxylic acids is 1. The van der Waals surface area contributed by atoms with Crippen molar-refractivity contribution in [1.29, 1.82) is 0 Å². The molecule has 0 saturated heterocycles. The minimum atomic E-state index is -0.435. The van der Waals surface area contributed by atoms with Gasteiger partial charge in [0.2, 0.25) is 5.75 Å². The van der Waals surface area contributed by atoms with Gasteiger partial charge in [-0.1, -0.05) is 29.8 Å². The second kappa shape index (κ2) is 6.91. The summed E-state index contributed by atoms with van der Waals surface area (Å²) >= 11 is 5.94. The molecule has 0 aliphatic rings. The Labute approximate surface area is 149 Å². The summed E-state index contributed by atoms with van der Waals surface area (Å²) in [5.41, 5.74) is 1.08. The summed E-state index contributed by atoms with van der Waals surface area (Å²) in [5, 5.41) is 11.6. The molecule has 0 fully saturated rings. The summed E-state index contributed by atoms with van der Waals surface area (Å²) in [7, 11) is 2.81. The zero-order chi connectivity index (χ0) is 18.0. The maximum Gasteiger partial charge on any atom is 0.205 e. The molecule has 1 heterocycles. The number of hydrogen-bond donors (Lipinski definition) is 1. The molecule has 1 N–H and O–H groups in total. The van der Waals surface area contributed by atoms with Crippen LogP contribution >= 0.6 is 11.6 Å². The number of allylic oxidation sites excluding steroid dienone is 1. The first-order chi connectivity index (χ1) is 12.1. The summed E-state index contributed by atoms with van der Waals surface area (Å²) in [6.07, 6.45) is 4.39. The van der Waals surface area contributed by atoms with Crippen molar-refractivity contribution < 1.29 is 23.8 Å². The van der Waals surface area contributed by atoms with E-state index >= 15 is 0 Å². The normalized spacial score (nSPS) is 11.2. The van der Waals surface area contributed by atoms with Crippen molar-refractivity contribution in [3.8, 4) is 17.2 Å². The lowest BCUT2D eigenvalue weighted by Crippen LogP contribution is -2.02. The number of ketones is 1. The highest BCUT2D eigenvalue weighted by atomic mass is 35.5. The number of rotatable bonds is 5. The molecule has 6 heteroatoms. The monoisotopic (exact) mass is 358 g/mol. The van der Waals surface area contributed by atoms with E-state index in [-0.39, 0.29) is 22.8 Å². The van der Waals surface area contributed by atoms with Crippen LogP contribution in [-0.4, -0.2) is 25.1 Å². The van der Waals surface area contributed by atoms with Gasteiger partial charge in [-0.05, 0) is 29.8 Å². The molecule has 0 unspecified atom stereocenters. The molecule has 0 amide bonds. The molecule has 3 rings (SSSR count). The van der Waals surface area contributed by atoms with Gasteiger partial charge in [0.1, 0.15) is 11.3 Å². The first-order valence-electron chi connectivity index (χ1n) is 7.39. The quantitative estimate of drug-likeness (QED) is 0.528. The van der Waals surface area contributed by atoms with Crippen molar-refractivity contribution >= 4 is 34.4 Å². The standard InChI is InChI=1S/C19H15ClO5/c1-23-17-13-8-9-25-18(13)19(24-2)16(22)15(17)14(21)7-6-11-4-3-5-12(20)10-11/h3-10,22H,1-2H3/b7-6+. The van der Waals surface area contributed by atoms with Crippen LogP contribution in [0.2, 0.25) is 5.02 Å².